The van der Waals surface area contributed by atoms with Crippen LogP contribution < -0.4 is 0 Å². The molecule has 0 atom stereocenters. The summed E-state index contributed by atoms with van der Waals surface area (Å²) in [4.78, 5) is 0. The number of rotatable bonds is 0. The van der Waals surface area contributed by atoms with Crippen LogP contribution in [0.4, 0.5) is 0 Å². The minimum atomic E-state index is 0. The summed E-state index contributed by atoms with van der Waals surface area (Å²) >= 11 is 0. The molecule has 0 heterocycles. The van der Waals surface area contributed by atoms with Crippen LogP contribution in [0.25, 0.3) is 0 Å². The Bertz CT molecular complexity index is 46.3. The van der Waals surface area contributed by atoms with Gasteiger partial charge in [-0.3, -0.25) is 0 Å². The molecular formula is C7H15Cl. The van der Waals surface area contributed by atoms with Gasteiger partial charge in [0.15, 0.2) is 0 Å². The van der Waals surface area contributed by atoms with E-state index >= 15 is 0 Å². The van der Waals surface area contributed by atoms with Gasteiger partial charge in [-0.2, -0.15) is 0 Å². The molecule has 0 unspecified atom stereocenters. The predicted molar refractivity (Wildman–Crippen MR) is 39.5 cm³/mol. The first kappa shape index (κ1) is 8.29. The average Bonchev–Trinajstić information content (AvgIpc) is 1.69. The molecular weight excluding hydrogens is 120 g/mol. The van der Waals surface area contributed by atoms with Gasteiger partial charge in [0.25, 0.3) is 0 Å². The van der Waals surface area contributed by atoms with Gasteiger partial charge in [0, 0.05) is 0 Å². The second-order valence-corrected chi connectivity index (χ2v) is 2.74. The molecule has 1 fully saturated rings. The van der Waals surface area contributed by atoms with Gasteiger partial charge in [0.1, 0.15) is 0 Å². The SMILES string of the molecule is CC1CCCCC1.Cl. The summed E-state index contributed by atoms with van der Waals surface area (Å²) in [5.74, 6) is 1.04. The van der Waals surface area contributed by atoms with Crippen LogP contribution in [0, 0.1) is 5.92 Å². The Morgan fingerprint density at radius 1 is 1.00 bits per heavy atom. The number of halogens is 1. The Hall–Kier alpha value is 0.290. The highest BCUT2D eigenvalue weighted by atomic mass is 35.5. The number of hydrogen-bond donors (Lipinski definition) is 0. The van der Waals surface area contributed by atoms with Crippen molar-refractivity contribution >= 4 is 12.4 Å². The third kappa shape index (κ3) is 2.56. The van der Waals surface area contributed by atoms with Crippen molar-refractivity contribution in [1.82, 2.24) is 0 Å². The first-order valence-corrected chi connectivity index (χ1v) is 3.39. The maximum atomic E-state index is 2.36. The molecule has 1 aliphatic rings. The zero-order valence-electron chi connectivity index (χ0n) is 5.52. The van der Waals surface area contributed by atoms with Crippen LogP contribution in [0.2, 0.25) is 0 Å². The molecule has 0 nitrogen and oxygen atoms in total. The molecule has 0 amide bonds. The Kier molecular flexibility index (Phi) is 4.35. The van der Waals surface area contributed by atoms with Crippen LogP contribution in [0.5, 0.6) is 0 Å². The van der Waals surface area contributed by atoms with Crippen LogP contribution in [-0.2, 0) is 0 Å². The molecule has 1 aliphatic carbocycles. The summed E-state index contributed by atoms with van der Waals surface area (Å²) in [6, 6.07) is 0. The minimum Gasteiger partial charge on any atom is -0.147 e. The van der Waals surface area contributed by atoms with E-state index in [-0.39, 0.29) is 12.4 Å². The Morgan fingerprint density at radius 3 is 1.75 bits per heavy atom. The van der Waals surface area contributed by atoms with Crippen molar-refractivity contribution in [2.45, 2.75) is 39.0 Å². The molecule has 0 radical (unpaired) electrons. The molecule has 0 saturated heterocycles. The molecule has 0 bridgehead atoms. The van der Waals surface area contributed by atoms with Crippen LogP contribution in [-0.4, -0.2) is 0 Å². The van der Waals surface area contributed by atoms with Crippen molar-refractivity contribution < 1.29 is 0 Å². The standard InChI is InChI=1S/C7H14.ClH/c1-7-5-3-2-4-6-7;/h7H,2-6H2,1H3;1H. The fourth-order valence-electron chi connectivity index (χ4n) is 1.31. The van der Waals surface area contributed by atoms with E-state index in [1.807, 2.05) is 0 Å². The smallest absolute Gasteiger partial charge is 0.0443 e. The topological polar surface area (TPSA) is 0 Å². The summed E-state index contributed by atoms with van der Waals surface area (Å²) in [7, 11) is 0. The van der Waals surface area contributed by atoms with E-state index in [1.165, 1.54) is 32.1 Å². The van der Waals surface area contributed by atoms with Gasteiger partial charge in [0.05, 0.1) is 0 Å². The van der Waals surface area contributed by atoms with Gasteiger partial charge in [-0.1, -0.05) is 39.0 Å². The average molecular weight is 135 g/mol. The molecule has 0 N–H and O–H groups in total. The van der Waals surface area contributed by atoms with E-state index in [0.29, 0.717) is 0 Å². The fourth-order valence-corrected chi connectivity index (χ4v) is 1.31. The Balaban J connectivity index is 0.000000490. The highest BCUT2D eigenvalue weighted by molar-refractivity contribution is 5.85. The maximum Gasteiger partial charge on any atom is -0.0443 e. The lowest BCUT2D eigenvalue weighted by atomic mass is 9.91. The molecule has 1 heteroatoms. The molecule has 0 aliphatic heterocycles. The minimum absolute atomic E-state index is 0. The third-order valence-corrected chi connectivity index (χ3v) is 1.89. The van der Waals surface area contributed by atoms with E-state index in [4.69, 9.17) is 0 Å². The van der Waals surface area contributed by atoms with Gasteiger partial charge in [-0.05, 0) is 5.92 Å². The highest BCUT2D eigenvalue weighted by Gasteiger charge is 2.05. The van der Waals surface area contributed by atoms with Crippen molar-refractivity contribution in [3.05, 3.63) is 0 Å². The molecule has 0 aromatic rings. The van der Waals surface area contributed by atoms with Crippen molar-refractivity contribution in [3.63, 3.8) is 0 Å². The van der Waals surface area contributed by atoms with Crippen molar-refractivity contribution in [1.29, 1.82) is 0 Å². The van der Waals surface area contributed by atoms with E-state index in [1.54, 1.807) is 0 Å². The molecule has 8 heavy (non-hydrogen) atoms. The predicted octanol–water partition coefficient (Wildman–Crippen LogP) is 3.01. The second kappa shape index (κ2) is 4.20. The first-order valence-electron chi connectivity index (χ1n) is 3.39. The Labute approximate surface area is 58.1 Å². The molecule has 1 saturated carbocycles. The molecule has 0 aromatic heterocycles. The zero-order chi connectivity index (χ0) is 5.11. The lowest BCUT2D eigenvalue weighted by Gasteiger charge is -2.15. The normalized spacial score (nSPS) is 22.1. The van der Waals surface area contributed by atoms with E-state index in [9.17, 15) is 0 Å². The number of hydrogen-bond acceptors (Lipinski definition) is 0. The van der Waals surface area contributed by atoms with Crippen LogP contribution in [0.1, 0.15) is 39.0 Å². The van der Waals surface area contributed by atoms with Gasteiger partial charge >= 0.3 is 0 Å². The maximum absolute atomic E-state index is 2.36. The van der Waals surface area contributed by atoms with Gasteiger partial charge in [0.2, 0.25) is 0 Å². The largest absolute Gasteiger partial charge is 0.147 e. The fraction of sp³-hybridized carbons (Fsp3) is 1.00. The van der Waals surface area contributed by atoms with Crippen molar-refractivity contribution in [2.24, 2.45) is 5.92 Å². The highest BCUT2D eigenvalue weighted by Crippen LogP contribution is 2.21. The summed E-state index contributed by atoms with van der Waals surface area (Å²) in [6.45, 7) is 2.36. The van der Waals surface area contributed by atoms with E-state index < -0.39 is 0 Å². The van der Waals surface area contributed by atoms with Crippen LogP contribution in [0.3, 0.4) is 0 Å². The van der Waals surface area contributed by atoms with Gasteiger partial charge in [-0.25, -0.2) is 0 Å². The summed E-state index contributed by atoms with van der Waals surface area (Å²) < 4.78 is 0. The first-order chi connectivity index (χ1) is 3.39. The van der Waals surface area contributed by atoms with Crippen LogP contribution in [0.15, 0.2) is 0 Å². The van der Waals surface area contributed by atoms with E-state index in [0.717, 1.165) is 5.92 Å². The van der Waals surface area contributed by atoms with Crippen molar-refractivity contribution in [3.8, 4) is 0 Å². The lowest BCUT2D eigenvalue weighted by Crippen LogP contribution is -1.99. The summed E-state index contributed by atoms with van der Waals surface area (Å²) in [5, 5.41) is 0. The molecule has 0 spiro atoms. The van der Waals surface area contributed by atoms with Gasteiger partial charge < -0.3 is 0 Å². The molecule has 50 valence electrons. The van der Waals surface area contributed by atoms with E-state index in [2.05, 4.69) is 6.92 Å². The molecule has 1 rings (SSSR count). The Morgan fingerprint density at radius 2 is 1.50 bits per heavy atom. The monoisotopic (exact) mass is 134 g/mol. The van der Waals surface area contributed by atoms with Gasteiger partial charge in [-0.15, -0.1) is 12.4 Å². The lowest BCUT2D eigenvalue weighted by molar-refractivity contribution is 0.385. The van der Waals surface area contributed by atoms with Crippen LogP contribution >= 0.6 is 12.4 Å². The van der Waals surface area contributed by atoms with Crippen molar-refractivity contribution in [2.75, 3.05) is 0 Å². The summed E-state index contributed by atoms with van der Waals surface area (Å²) in [6.07, 6.45) is 7.44. The second-order valence-electron chi connectivity index (χ2n) is 2.74. The summed E-state index contributed by atoms with van der Waals surface area (Å²) in [5.41, 5.74) is 0. The quantitative estimate of drug-likeness (QED) is 0.478. The zero-order valence-corrected chi connectivity index (χ0v) is 6.34. The third-order valence-electron chi connectivity index (χ3n) is 1.89. The molecule has 0 aromatic carbocycles.